The standard InChI is InChI=1S/C16H18N2O2S/c1-11-15(20-12(2)17-11)16(19)18-8-9-21-10-14(18)13-6-4-3-5-7-13/h3-7,14H,8-10H2,1-2H3/t14-/m0/s1. The molecule has 1 fully saturated rings. The van der Waals surface area contributed by atoms with Gasteiger partial charge in [-0.25, -0.2) is 4.98 Å². The van der Waals surface area contributed by atoms with Crippen molar-refractivity contribution in [2.45, 2.75) is 19.9 Å². The molecule has 110 valence electrons. The van der Waals surface area contributed by atoms with Crippen molar-refractivity contribution in [2.75, 3.05) is 18.1 Å². The normalized spacial score (nSPS) is 18.8. The highest BCUT2D eigenvalue weighted by Crippen LogP contribution is 2.31. The maximum atomic E-state index is 12.8. The van der Waals surface area contributed by atoms with Gasteiger partial charge in [0.15, 0.2) is 5.89 Å². The molecule has 4 nitrogen and oxygen atoms in total. The minimum Gasteiger partial charge on any atom is -0.436 e. The topological polar surface area (TPSA) is 46.3 Å². The molecule has 2 aromatic rings. The van der Waals surface area contributed by atoms with Crippen molar-refractivity contribution in [3.05, 3.63) is 53.2 Å². The monoisotopic (exact) mass is 302 g/mol. The van der Waals surface area contributed by atoms with E-state index in [0.717, 1.165) is 18.1 Å². The molecule has 0 spiro atoms. The molecule has 1 aromatic carbocycles. The molecule has 1 atom stereocenters. The van der Waals surface area contributed by atoms with Crippen molar-refractivity contribution in [1.29, 1.82) is 0 Å². The molecule has 0 N–H and O–H groups in total. The molecule has 1 aliphatic heterocycles. The third-order valence-corrected chi connectivity index (χ3v) is 4.69. The summed E-state index contributed by atoms with van der Waals surface area (Å²) in [5, 5.41) is 0. The minimum atomic E-state index is -0.0535. The fraction of sp³-hybridized carbons (Fsp3) is 0.375. The van der Waals surface area contributed by atoms with E-state index in [1.807, 2.05) is 41.8 Å². The van der Waals surface area contributed by atoms with Crippen LogP contribution in [0, 0.1) is 13.8 Å². The molecule has 0 bridgehead atoms. The minimum absolute atomic E-state index is 0.0535. The Balaban J connectivity index is 1.91. The lowest BCUT2D eigenvalue weighted by molar-refractivity contribution is 0.0666. The fourth-order valence-corrected chi connectivity index (χ4v) is 3.75. The summed E-state index contributed by atoms with van der Waals surface area (Å²) < 4.78 is 5.50. The number of benzene rings is 1. The van der Waals surface area contributed by atoms with Gasteiger partial charge >= 0.3 is 0 Å². The Hall–Kier alpha value is -1.75. The maximum absolute atomic E-state index is 12.8. The van der Waals surface area contributed by atoms with Crippen molar-refractivity contribution in [2.24, 2.45) is 0 Å². The SMILES string of the molecule is Cc1nc(C)c(C(=O)N2CCSC[C@H]2c2ccccc2)o1. The van der Waals surface area contributed by atoms with Gasteiger partial charge in [0.05, 0.1) is 11.7 Å². The Bertz CT molecular complexity index is 639. The zero-order valence-electron chi connectivity index (χ0n) is 12.2. The third kappa shape index (κ3) is 2.83. The van der Waals surface area contributed by atoms with Gasteiger partial charge in [0, 0.05) is 25.0 Å². The molecular formula is C16H18N2O2S. The van der Waals surface area contributed by atoms with Crippen molar-refractivity contribution in [1.82, 2.24) is 9.88 Å². The van der Waals surface area contributed by atoms with E-state index in [2.05, 4.69) is 17.1 Å². The molecule has 0 unspecified atom stereocenters. The predicted octanol–water partition coefficient (Wildman–Crippen LogP) is 3.22. The number of aromatic nitrogens is 1. The molecule has 3 rings (SSSR count). The first-order valence-electron chi connectivity index (χ1n) is 7.04. The molecule has 0 saturated carbocycles. The highest BCUT2D eigenvalue weighted by atomic mass is 32.2. The first kappa shape index (κ1) is 14.2. The van der Waals surface area contributed by atoms with Gasteiger partial charge in [0.25, 0.3) is 5.91 Å². The van der Waals surface area contributed by atoms with Crippen LogP contribution in [0.5, 0.6) is 0 Å². The summed E-state index contributed by atoms with van der Waals surface area (Å²) in [6, 6.07) is 10.3. The summed E-state index contributed by atoms with van der Waals surface area (Å²) >= 11 is 1.88. The van der Waals surface area contributed by atoms with Crippen LogP contribution in [0.15, 0.2) is 34.7 Å². The molecule has 0 aliphatic carbocycles. The van der Waals surface area contributed by atoms with Gasteiger partial charge in [-0.2, -0.15) is 11.8 Å². The van der Waals surface area contributed by atoms with Crippen molar-refractivity contribution in [3.8, 4) is 0 Å². The van der Waals surface area contributed by atoms with Crippen LogP contribution in [0.4, 0.5) is 0 Å². The van der Waals surface area contributed by atoms with E-state index in [-0.39, 0.29) is 11.9 Å². The molecule has 21 heavy (non-hydrogen) atoms. The van der Waals surface area contributed by atoms with Crippen molar-refractivity contribution < 1.29 is 9.21 Å². The number of hydrogen-bond acceptors (Lipinski definition) is 4. The van der Waals surface area contributed by atoms with Crippen molar-refractivity contribution in [3.63, 3.8) is 0 Å². The van der Waals surface area contributed by atoms with Crippen LogP contribution >= 0.6 is 11.8 Å². The molecule has 5 heteroatoms. The molecule has 1 aliphatic rings. The van der Waals surface area contributed by atoms with Crippen LogP contribution in [0.1, 0.15) is 33.7 Å². The lowest BCUT2D eigenvalue weighted by Gasteiger charge is -2.35. The van der Waals surface area contributed by atoms with Crippen LogP contribution in [-0.4, -0.2) is 33.8 Å². The summed E-state index contributed by atoms with van der Waals surface area (Å²) in [5.74, 6) is 2.74. The van der Waals surface area contributed by atoms with Crippen LogP contribution in [0.2, 0.25) is 0 Å². The summed E-state index contributed by atoms with van der Waals surface area (Å²) in [6.07, 6.45) is 0. The van der Waals surface area contributed by atoms with Crippen LogP contribution < -0.4 is 0 Å². The lowest BCUT2D eigenvalue weighted by atomic mass is 10.1. The number of oxazole rings is 1. The molecular weight excluding hydrogens is 284 g/mol. The second-order valence-electron chi connectivity index (χ2n) is 5.15. The number of carbonyl (C=O) groups excluding carboxylic acids is 1. The Kier molecular flexibility index (Phi) is 4.01. The Labute approximate surface area is 128 Å². The Morgan fingerprint density at radius 2 is 2.10 bits per heavy atom. The lowest BCUT2D eigenvalue weighted by Crippen LogP contribution is -2.40. The van der Waals surface area contributed by atoms with Gasteiger partial charge in [0.2, 0.25) is 5.76 Å². The third-order valence-electron chi connectivity index (χ3n) is 3.67. The smallest absolute Gasteiger partial charge is 0.292 e. The second kappa shape index (κ2) is 5.93. The second-order valence-corrected chi connectivity index (χ2v) is 6.30. The van der Waals surface area contributed by atoms with Gasteiger partial charge in [-0.3, -0.25) is 4.79 Å². The molecule has 0 radical (unpaired) electrons. The number of nitrogens with zero attached hydrogens (tertiary/aromatic N) is 2. The summed E-state index contributed by atoms with van der Waals surface area (Å²) in [4.78, 5) is 18.9. The summed E-state index contributed by atoms with van der Waals surface area (Å²) in [6.45, 7) is 4.33. The van der Waals surface area contributed by atoms with E-state index in [9.17, 15) is 4.79 Å². The fourth-order valence-electron chi connectivity index (χ4n) is 2.66. The van der Waals surface area contributed by atoms with Crippen LogP contribution in [-0.2, 0) is 0 Å². The summed E-state index contributed by atoms with van der Waals surface area (Å²) in [7, 11) is 0. The predicted molar refractivity (Wildman–Crippen MR) is 83.5 cm³/mol. The van der Waals surface area contributed by atoms with Gasteiger partial charge < -0.3 is 9.32 Å². The van der Waals surface area contributed by atoms with Crippen LogP contribution in [0.3, 0.4) is 0 Å². The van der Waals surface area contributed by atoms with E-state index < -0.39 is 0 Å². The Morgan fingerprint density at radius 3 is 2.76 bits per heavy atom. The number of carbonyl (C=O) groups is 1. The highest BCUT2D eigenvalue weighted by Gasteiger charge is 2.31. The van der Waals surface area contributed by atoms with Gasteiger partial charge in [-0.1, -0.05) is 30.3 Å². The number of rotatable bonds is 2. The van der Waals surface area contributed by atoms with Crippen LogP contribution in [0.25, 0.3) is 0 Å². The molecule has 1 saturated heterocycles. The van der Waals surface area contributed by atoms with E-state index in [4.69, 9.17) is 4.42 Å². The van der Waals surface area contributed by atoms with E-state index in [1.54, 1.807) is 6.92 Å². The average molecular weight is 302 g/mol. The van der Waals surface area contributed by atoms with Crippen molar-refractivity contribution >= 4 is 17.7 Å². The number of aryl methyl sites for hydroxylation is 2. The maximum Gasteiger partial charge on any atom is 0.292 e. The van der Waals surface area contributed by atoms with E-state index in [0.29, 0.717) is 17.3 Å². The average Bonchev–Trinajstić information content (AvgIpc) is 2.86. The number of amides is 1. The Morgan fingerprint density at radius 1 is 1.33 bits per heavy atom. The zero-order chi connectivity index (χ0) is 14.8. The van der Waals surface area contributed by atoms with Gasteiger partial charge in [-0.05, 0) is 12.5 Å². The van der Waals surface area contributed by atoms with Gasteiger partial charge in [-0.15, -0.1) is 0 Å². The number of thioether (sulfide) groups is 1. The highest BCUT2D eigenvalue weighted by molar-refractivity contribution is 7.99. The molecule has 2 heterocycles. The molecule has 1 aromatic heterocycles. The largest absolute Gasteiger partial charge is 0.436 e. The quantitative estimate of drug-likeness (QED) is 0.854. The number of hydrogen-bond donors (Lipinski definition) is 0. The van der Waals surface area contributed by atoms with E-state index >= 15 is 0 Å². The summed E-state index contributed by atoms with van der Waals surface area (Å²) in [5.41, 5.74) is 1.84. The molecule has 1 amide bonds. The first-order chi connectivity index (χ1) is 10.2. The first-order valence-corrected chi connectivity index (χ1v) is 8.20. The van der Waals surface area contributed by atoms with E-state index in [1.165, 1.54) is 5.56 Å². The zero-order valence-corrected chi connectivity index (χ0v) is 13.0. The van der Waals surface area contributed by atoms with Gasteiger partial charge in [0.1, 0.15) is 0 Å².